The normalized spacial score (nSPS) is 16.0. The molecular formula is C18H16N2O2S. The van der Waals surface area contributed by atoms with Crippen molar-refractivity contribution in [3.8, 4) is 11.1 Å². The van der Waals surface area contributed by atoms with Crippen molar-refractivity contribution in [2.24, 2.45) is 0 Å². The van der Waals surface area contributed by atoms with Crippen LogP contribution in [0.2, 0.25) is 0 Å². The summed E-state index contributed by atoms with van der Waals surface area (Å²) < 4.78 is 0. The number of nitrogens with two attached hydrogens (primary N) is 1. The summed E-state index contributed by atoms with van der Waals surface area (Å²) in [4.78, 5) is 23.4. The van der Waals surface area contributed by atoms with E-state index < -0.39 is 0 Å². The zero-order valence-electron chi connectivity index (χ0n) is 12.8. The molecule has 0 bridgehead atoms. The predicted octanol–water partition coefficient (Wildman–Crippen LogP) is 3.88. The van der Waals surface area contributed by atoms with E-state index in [0.29, 0.717) is 4.91 Å². The number of hydrogen-bond donors (Lipinski definition) is 2. The van der Waals surface area contributed by atoms with Crippen LogP contribution in [0.5, 0.6) is 0 Å². The lowest BCUT2D eigenvalue weighted by atomic mass is 9.94. The number of carbonyl (C=O) groups excluding carboxylic acids is 2. The molecule has 4 nitrogen and oxygen atoms in total. The molecule has 1 fully saturated rings. The lowest BCUT2D eigenvalue weighted by Crippen LogP contribution is -2.17. The Morgan fingerprint density at radius 2 is 1.74 bits per heavy atom. The summed E-state index contributed by atoms with van der Waals surface area (Å²) in [5.41, 5.74) is 11.8. The van der Waals surface area contributed by atoms with Gasteiger partial charge in [-0.1, -0.05) is 24.3 Å². The topological polar surface area (TPSA) is 72.2 Å². The molecule has 0 atom stereocenters. The van der Waals surface area contributed by atoms with Gasteiger partial charge in [-0.3, -0.25) is 14.9 Å². The van der Waals surface area contributed by atoms with E-state index in [1.54, 1.807) is 6.08 Å². The monoisotopic (exact) mass is 324 g/mol. The molecule has 0 saturated carbocycles. The molecule has 0 aromatic heterocycles. The van der Waals surface area contributed by atoms with Gasteiger partial charge in [-0.25, -0.2) is 0 Å². The standard InChI is InChI=1S/C18H16N2O2S/c1-10-8-15(12-3-5-14(19)6-4-12)11(2)7-13(10)9-16-17(21)20-18(22)23-16/h3-9H,19H2,1-2H3,(H,20,21,22)/b16-9-. The first kappa shape index (κ1) is 15.4. The third kappa shape index (κ3) is 3.14. The van der Waals surface area contributed by atoms with Crippen molar-refractivity contribution in [3.63, 3.8) is 0 Å². The number of aryl methyl sites for hydroxylation is 2. The molecule has 1 aliphatic rings. The molecule has 0 radical (unpaired) electrons. The number of hydrogen-bond acceptors (Lipinski definition) is 4. The molecule has 1 aliphatic heterocycles. The van der Waals surface area contributed by atoms with Gasteiger partial charge in [0.1, 0.15) is 0 Å². The highest BCUT2D eigenvalue weighted by Crippen LogP contribution is 2.31. The number of rotatable bonds is 2. The summed E-state index contributed by atoms with van der Waals surface area (Å²) in [6.45, 7) is 4.02. The molecule has 5 heteroatoms. The molecule has 2 aromatic rings. The Morgan fingerprint density at radius 3 is 2.35 bits per heavy atom. The molecule has 116 valence electrons. The molecule has 1 heterocycles. The van der Waals surface area contributed by atoms with Crippen LogP contribution in [0.4, 0.5) is 10.5 Å². The van der Waals surface area contributed by atoms with Crippen LogP contribution in [0.25, 0.3) is 17.2 Å². The van der Waals surface area contributed by atoms with Gasteiger partial charge in [-0.05, 0) is 71.6 Å². The largest absolute Gasteiger partial charge is 0.399 e. The maximum atomic E-state index is 11.7. The van der Waals surface area contributed by atoms with Crippen molar-refractivity contribution in [2.45, 2.75) is 13.8 Å². The van der Waals surface area contributed by atoms with E-state index >= 15 is 0 Å². The maximum absolute atomic E-state index is 11.7. The van der Waals surface area contributed by atoms with Crippen molar-refractivity contribution in [2.75, 3.05) is 5.73 Å². The molecule has 0 aliphatic carbocycles. The first-order chi connectivity index (χ1) is 10.9. The van der Waals surface area contributed by atoms with E-state index in [0.717, 1.165) is 45.3 Å². The SMILES string of the molecule is Cc1cc(-c2ccc(N)cc2)c(C)cc1/C=C1\SC(=O)NC1=O. The van der Waals surface area contributed by atoms with Gasteiger partial charge in [0, 0.05) is 5.69 Å². The minimum Gasteiger partial charge on any atom is -0.399 e. The van der Waals surface area contributed by atoms with Gasteiger partial charge in [0.25, 0.3) is 11.1 Å². The summed E-state index contributed by atoms with van der Waals surface area (Å²) in [6, 6.07) is 11.9. The third-order valence-electron chi connectivity index (χ3n) is 3.76. The van der Waals surface area contributed by atoms with Crippen LogP contribution in [0, 0.1) is 13.8 Å². The van der Waals surface area contributed by atoms with E-state index in [9.17, 15) is 9.59 Å². The van der Waals surface area contributed by atoms with Crippen molar-refractivity contribution < 1.29 is 9.59 Å². The fourth-order valence-corrected chi connectivity index (χ4v) is 3.20. The highest BCUT2D eigenvalue weighted by atomic mass is 32.2. The number of nitrogen functional groups attached to an aromatic ring is 1. The number of amides is 2. The van der Waals surface area contributed by atoms with Crippen LogP contribution in [0.3, 0.4) is 0 Å². The van der Waals surface area contributed by atoms with E-state index in [2.05, 4.69) is 11.4 Å². The Balaban J connectivity index is 2.01. The van der Waals surface area contributed by atoms with Crippen molar-refractivity contribution in [1.82, 2.24) is 5.32 Å². The number of imide groups is 1. The molecule has 3 N–H and O–H groups in total. The number of thioether (sulfide) groups is 1. The maximum Gasteiger partial charge on any atom is 0.290 e. The molecule has 23 heavy (non-hydrogen) atoms. The Hall–Kier alpha value is -2.53. The first-order valence-corrected chi connectivity index (χ1v) is 7.98. The van der Waals surface area contributed by atoms with Crippen LogP contribution in [0.15, 0.2) is 41.3 Å². The van der Waals surface area contributed by atoms with Crippen LogP contribution in [-0.2, 0) is 4.79 Å². The Labute approximate surface area is 138 Å². The zero-order valence-corrected chi connectivity index (χ0v) is 13.7. The fourth-order valence-electron chi connectivity index (χ4n) is 2.53. The lowest BCUT2D eigenvalue weighted by Gasteiger charge is -2.11. The van der Waals surface area contributed by atoms with Gasteiger partial charge in [-0.2, -0.15) is 0 Å². The molecular weight excluding hydrogens is 308 g/mol. The second-order valence-corrected chi connectivity index (χ2v) is 6.51. The minimum absolute atomic E-state index is 0.325. The lowest BCUT2D eigenvalue weighted by molar-refractivity contribution is -0.115. The molecule has 2 aromatic carbocycles. The molecule has 2 amide bonds. The van der Waals surface area contributed by atoms with E-state index in [-0.39, 0.29) is 11.1 Å². The first-order valence-electron chi connectivity index (χ1n) is 7.16. The molecule has 3 rings (SSSR count). The molecule has 0 unspecified atom stereocenters. The van der Waals surface area contributed by atoms with Crippen molar-refractivity contribution >= 4 is 34.7 Å². The van der Waals surface area contributed by atoms with Crippen LogP contribution >= 0.6 is 11.8 Å². The Morgan fingerprint density at radius 1 is 1.04 bits per heavy atom. The summed E-state index contributed by atoms with van der Waals surface area (Å²) in [6.07, 6.45) is 1.76. The predicted molar refractivity (Wildman–Crippen MR) is 94.9 cm³/mol. The van der Waals surface area contributed by atoms with Crippen LogP contribution in [0.1, 0.15) is 16.7 Å². The summed E-state index contributed by atoms with van der Waals surface area (Å²) in [7, 11) is 0. The number of anilines is 1. The van der Waals surface area contributed by atoms with E-state index in [1.165, 1.54) is 0 Å². The van der Waals surface area contributed by atoms with Crippen LogP contribution < -0.4 is 11.1 Å². The minimum atomic E-state index is -0.334. The summed E-state index contributed by atoms with van der Waals surface area (Å²) in [5, 5.41) is 1.94. The van der Waals surface area contributed by atoms with Gasteiger partial charge < -0.3 is 5.73 Å². The number of benzene rings is 2. The summed E-state index contributed by atoms with van der Waals surface area (Å²) >= 11 is 0.933. The molecule has 1 saturated heterocycles. The second-order valence-electron chi connectivity index (χ2n) is 5.50. The van der Waals surface area contributed by atoms with Gasteiger partial charge in [0.2, 0.25) is 0 Å². The molecule has 0 spiro atoms. The Kier molecular flexibility index (Phi) is 3.96. The quantitative estimate of drug-likeness (QED) is 0.649. The second kappa shape index (κ2) is 5.93. The van der Waals surface area contributed by atoms with Crippen LogP contribution in [-0.4, -0.2) is 11.1 Å². The van der Waals surface area contributed by atoms with E-state index in [1.807, 2.05) is 44.2 Å². The van der Waals surface area contributed by atoms with Gasteiger partial charge in [0.05, 0.1) is 4.91 Å². The van der Waals surface area contributed by atoms with Gasteiger partial charge in [0.15, 0.2) is 0 Å². The van der Waals surface area contributed by atoms with Crippen molar-refractivity contribution in [3.05, 3.63) is 58.0 Å². The zero-order chi connectivity index (χ0) is 16.6. The fraction of sp³-hybridized carbons (Fsp3) is 0.111. The average molecular weight is 324 g/mol. The number of nitrogens with one attached hydrogen (secondary N) is 1. The summed E-state index contributed by atoms with van der Waals surface area (Å²) in [5.74, 6) is -0.334. The van der Waals surface area contributed by atoms with Gasteiger partial charge >= 0.3 is 0 Å². The highest BCUT2D eigenvalue weighted by molar-refractivity contribution is 8.18. The number of carbonyl (C=O) groups is 2. The Bertz CT molecular complexity index is 839. The smallest absolute Gasteiger partial charge is 0.290 e. The third-order valence-corrected chi connectivity index (χ3v) is 4.57. The van der Waals surface area contributed by atoms with Gasteiger partial charge in [-0.15, -0.1) is 0 Å². The van der Waals surface area contributed by atoms with Crippen molar-refractivity contribution in [1.29, 1.82) is 0 Å². The van der Waals surface area contributed by atoms with E-state index in [4.69, 9.17) is 5.73 Å². The highest BCUT2D eigenvalue weighted by Gasteiger charge is 2.25. The average Bonchev–Trinajstić information content (AvgIpc) is 2.81.